The Balaban J connectivity index is 1.96. The molecule has 2 rings (SSSR count). The van der Waals surface area contributed by atoms with Crippen LogP contribution in [0.3, 0.4) is 0 Å². The summed E-state index contributed by atoms with van der Waals surface area (Å²) in [6.45, 7) is 5.07. The Morgan fingerprint density at radius 3 is 2.70 bits per heavy atom. The second kappa shape index (κ2) is 6.94. The number of nitrogens with zero attached hydrogens (tertiary/aromatic N) is 1. The van der Waals surface area contributed by atoms with Crippen LogP contribution in [0.25, 0.3) is 0 Å². The zero-order chi connectivity index (χ0) is 14.6. The van der Waals surface area contributed by atoms with Crippen LogP contribution in [0.2, 0.25) is 0 Å². The van der Waals surface area contributed by atoms with Crippen molar-refractivity contribution in [2.24, 2.45) is 5.92 Å². The molecule has 1 aromatic rings. The minimum Gasteiger partial charge on any atom is -0.313 e. The lowest BCUT2D eigenvalue weighted by Crippen LogP contribution is -2.41. The molecule has 1 aromatic heterocycles. The summed E-state index contributed by atoms with van der Waals surface area (Å²) >= 11 is 1.68. The van der Waals surface area contributed by atoms with Crippen LogP contribution in [-0.2, 0) is 6.42 Å². The summed E-state index contributed by atoms with van der Waals surface area (Å²) in [7, 11) is 0. The highest BCUT2D eigenvalue weighted by molar-refractivity contribution is 7.09. The molecular formula is C15H24F2N2S. The van der Waals surface area contributed by atoms with Gasteiger partial charge >= 0.3 is 0 Å². The van der Waals surface area contributed by atoms with Gasteiger partial charge in [-0.05, 0) is 38.6 Å². The van der Waals surface area contributed by atoms with Gasteiger partial charge in [0.15, 0.2) is 0 Å². The Kier molecular flexibility index (Phi) is 5.49. The number of alkyl halides is 2. The van der Waals surface area contributed by atoms with Gasteiger partial charge in [0.1, 0.15) is 0 Å². The van der Waals surface area contributed by atoms with E-state index in [1.807, 2.05) is 6.92 Å². The summed E-state index contributed by atoms with van der Waals surface area (Å²) < 4.78 is 26.6. The van der Waals surface area contributed by atoms with Gasteiger partial charge < -0.3 is 5.32 Å². The maximum Gasteiger partial charge on any atom is 0.248 e. The summed E-state index contributed by atoms with van der Waals surface area (Å²) in [5, 5.41) is 6.72. The molecule has 0 amide bonds. The molecular weight excluding hydrogens is 278 g/mol. The first kappa shape index (κ1) is 15.8. The third-order valence-electron chi connectivity index (χ3n) is 4.05. The highest BCUT2D eigenvalue weighted by Crippen LogP contribution is 2.38. The minimum absolute atomic E-state index is 0.0405. The van der Waals surface area contributed by atoms with Crippen molar-refractivity contribution in [1.82, 2.24) is 10.3 Å². The van der Waals surface area contributed by atoms with Crippen molar-refractivity contribution in [3.05, 3.63) is 16.1 Å². The Morgan fingerprint density at radius 1 is 1.45 bits per heavy atom. The number of halogens is 2. The van der Waals surface area contributed by atoms with E-state index >= 15 is 0 Å². The van der Waals surface area contributed by atoms with Crippen LogP contribution >= 0.6 is 11.3 Å². The van der Waals surface area contributed by atoms with Gasteiger partial charge in [-0.1, -0.05) is 6.92 Å². The number of thiazole rings is 1. The van der Waals surface area contributed by atoms with Gasteiger partial charge in [0, 0.05) is 36.4 Å². The van der Waals surface area contributed by atoms with Gasteiger partial charge in [0.05, 0.1) is 5.01 Å². The van der Waals surface area contributed by atoms with Crippen molar-refractivity contribution < 1.29 is 8.78 Å². The second-order valence-corrected chi connectivity index (χ2v) is 6.78. The van der Waals surface area contributed by atoms with E-state index in [1.165, 1.54) is 0 Å². The molecule has 2 nitrogen and oxygen atoms in total. The predicted octanol–water partition coefficient (Wildman–Crippen LogP) is 4.19. The van der Waals surface area contributed by atoms with E-state index in [2.05, 4.69) is 22.6 Å². The standard InChI is InChI=1S/C15H24F2N2S/c1-3-8-18-13(9-14-19-11(2)10-20-14)12-4-6-15(16,17)7-5-12/h10,12-13,18H,3-9H2,1-2H3. The first-order chi connectivity index (χ1) is 9.50. The van der Waals surface area contributed by atoms with E-state index < -0.39 is 5.92 Å². The minimum atomic E-state index is -2.44. The number of aryl methyl sites for hydroxylation is 1. The molecule has 0 bridgehead atoms. The lowest BCUT2D eigenvalue weighted by molar-refractivity contribution is -0.0495. The number of hydrogen-bond donors (Lipinski definition) is 1. The average molecular weight is 302 g/mol. The number of aromatic nitrogens is 1. The van der Waals surface area contributed by atoms with Gasteiger partial charge in [-0.25, -0.2) is 13.8 Å². The van der Waals surface area contributed by atoms with Gasteiger partial charge in [-0.3, -0.25) is 0 Å². The first-order valence-electron chi connectivity index (χ1n) is 7.52. The zero-order valence-corrected chi connectivity index (χ0v) is 13.1. The number of rotatable bonds is 6. The lowest BCUT2D eigenvalue weighted by Gasteiger charge is -2.34. The molecule has 0 aromatic carbocycles. The van der Waals surface area contributed by atoms with Crippen LogP contribution in [0.4, 0.5) is 8.78 Å². The van der Waals surface area contributed by atoms with Crippen molar-refractivity contribution in [1.29, 1.82) is 0 Å². The molecule has 20 heavy (non-hydrogen) atoms. The van der Waals surface area contributed by atoms with E-state index in [-0.39, 0.29) is 18.9 Å². The maximum absolute atomic E-state index is 13.3. The summed E-state index contributed by atoms with van der Waals surface area (Å²) in [5.74, 6) is -2.09. The molecule has 0 spiro atoms. The fourth-order valence-corrected chi connectivity index (χ4v) is 3.72. The number of nitrogens with one attached hydrogen (secondary N) is 1. The van der Waals surface area contributed by atoms with Crippen molar-refractivity contribution in [3.8, 4) is 0 Å². The molecule has 0 radical (unpaired) electrons. The fourth-order valence-electron chi connectivity index (χ4n) is 2.88. The normalized spacial score (nSPS) is 21.0. The lowest BCUT2D eigenvalue weighted by atomic mass is 9.81. The highest BCUT2D eigenvalue weighted by Gasteiger charge is 2.37. The van der Waals surface area contributed by atoms with Crippen LogP contribution in [0, 0.1) is 12.8 Å². The van der Waals surface area contributed by atoms with Crippen LogP contribution in [0.15, 0.2) is 5.38 Å². The Hall–Kier alpha value is -0.550. The summed E-state index contributed by atoms with van der Waals surface area (Å²) in [6.07, 6.45) is 3.26. The van der Waals surface area contributed by atoms with Gasteiger partial charge in [0.25, 0.3) is 0 Å². The van der Waals surface area contributed by atoms with Crippen molar-refractivity contribution in [2.75, 3.05) is 6.54 Å². The van der Waals surface area contributed by atoms with E-state index in [0.29, 0.717) is 18.8 Å². The van der Waals surface area contributed by atoms with Gasteiger partial charge in [-0.2, -0.15) is 0 Å². The molecule has 1 fully saturated rings. The van der Waals surface area contributed by atoms with E-state index in [9.17, 15) is 8.78 Å². The van der Waals surface area contributed by atoms with Crippen LogP contribution in [0.5, 0.6) is 0 Å². The highest BCUT2D eigenvalue weighted by atomic mass is 32.1. The van der Waals surface area contributed by atoms with E-state index in [0.717, 1.165) is 30.1 Å². The fraction of sp³-hybridized carbons (Fsp3) is 0.800. The third-order valence-corrected chi connectivity index (χ3v) is 5.04. The Bertz CT molecular complexity index is 410. The largest absolute Gasteiger partial charge is 0.313 e. The van der Waals surface area contributed by atoms with Crippen molar-refractivity contribution in [3.63, 3.8) is 0 Å². The maximum atomic E-state index is 13.3. The smallest absolute Gasteiger partial charge is 0.248 e. The molecule has 0 aliphatic heterocycles. The SMILES string of the molecule is CCCNC(Cc1nc(C)cs1)C1CCC(F)(F)CC1. The summed E-state index contributed by atoms with van der Waals surface area (Å²) in [4.78, 5) is 4.51. The quantitative estimate of drug-likeness (QED) is 0.852. The zero-order valence-electron chi connectivity index (χ0n) is 12.3. The first-order valence-corrected chi connectivity index (χ1v) is 8.40. The molecule has 1 N–H and O–H groups in total. The Morgan fingerprint density at radius 2 is 2.15 bits per heavy atom. The molecule has 1 unspecified atom stereocenters. The molecule has 114 valence electrons. The second-order valence-electron chi connectivity index (χ2n) is 5.84. The van der Waals surface area contributed by atoms with Gasteiger partial charge in [-0.15, -0.1) is 11.3 Å². The predicted molar refractivity (Wildman–Crippen MR) is 79.5 cm³/mol. The molecule has 1 aliphatic carbocycles. The monoisotopic (exact) mass is 302 g/mol. The third kappa shape index (κ3) is 4.48. The molecule has 1 heterocycles. The summed E-state index contributed by atoms with van der Waals surface area (Å²) in [5.41, 5.74) is 1.05. The molecule has 5 heteroatoms. The van der Waals surface area contributed by atoms with Crippen molar-refractivity contribution >= 4 is 11.3 Å². The van der Waals surface area contributed by atoms with Crippen LogP contribution in [-0.4, -0.2) is 23.5 Å². The Labute approximate surface area is 124 Å². The van der Waals surface area contributed by atoms with Crippen LogP contribution < -0.4 is 5.32 Å². The molecule has 1 atom stereocenters. The van der Waals surface area contributed by atoms with E-state index in [1.54, 1.807) is 11.3 Å². The topological polar surface area (TPSA) is 24.9 Å². The summed E-state index contributed by atoms with van der Waals surface area (Å²) in [6, 6.07) is 0.289. The molecule has 1 aliphatic rings. The van der Waals surface area contributed by atoms with E-state index in [4.69, 9.17) is 0 Å². The number of hydrogen-bond acceptors (Lipinski definition) is 3. The molecule has 1 saturated carbocycles. The van der Waals surface area contributed by atoms with Crippen LogP contribution in [0.1, 0.15) is 49.7 Å². The van der Waals surface area contributed by atoms with Crippen molar-refractivity contribution in [2.45, 2.75) is 64.3 Å². The van der Waals surface area contributed by atoms with Gasteiger partial charge in [0.2, 0.25) is 5.92 Å². The average Bonchev–Trinajstić information content (AvgIpc) is 2.80. The molecule has 0 saturated heterocycles.